The second-order valence-electron chi connectivity index (χ2n) is 9.57. The van der Waals surface area contributed by atoms with E-state index in [2.05, 4.69) is 30.3 Å². The molecule has 1 N–H and O–H groups in total. The topological polar surface area (TPSA) is 111 Å². The van der Waals surface area contributed by atoms with E-state index in [0.717, 1.165) is 56.4 Å². The summed E-state index contributed by atoms with van der Waals surface area (Å²) in [7, 11) is -5.41. The number of sulfone groups is 1. The zero-order valence-corrected chi connectivity index (χ0v) is 20.9. The standard InChI is InChI=1S/C23H29N3O5S2/c1-23(2,3)22-25-18-11-16(5-6-19(18)26(22)14-15-7-9-31-10-8-15)32(28)20-12-17(33(4,29)30)13-24-21(20)27/h5-6,11-13,15H,7-10,14H2,1-4H3,(H,24,27). The fourth-order valence-electron chi connectivity index (χ4n) is 4.09. The highest BCUT2D eigenvalue weighted by Gasteiger charge is 2.26. The zero-order chi connectivity index (χ0) is 24.0. The first-order chi connectivity index (χ1) is 15.4. The van der Waals surface area contributed by atoms with Gasteiger partial charge in [0, 0.05) is 42.5 Å². The Balaban J connectivity index is 1.77. The summed E-state index contributed by atoms with van der Waals surface area (Å²) in [5.41, 5.74) is 0.880. The van der Waals surface area contributed by atoms with Crippen LogP contribution in [0.3, 0.4) is 0 Å². The van der Waals surface area contributed by atoms with E-state index in [0.29, 0.717) is 16.3 Å². The third-order valence-corrected chi connectivity index (χ3v) is 8.33. The Labute approximate surface area is 195 Å². The van der Waals surface area contributed by atoms with E-state index in [1.54, 1.807) is 12.1 Å². The lowest BCUT2D eigenvalue weighted by atomic mass is 9.94. The van der Waals surface area contributed by atoms with Gasteiger partial charge < -0.3 is 14.3 Å². The molecule has 0 bridgehead atoms. The lowest BCUT2D eigenvalue weighted by molar-refractivity contribution is 0.0611. The van der Waals surface area contributed by atoms with Gasteiger partial charge in [0.05, 0.1) is 26.7 Å². The van der Waals surface area contributed by atoms with Crippen LogP contribution < -0.4 is 5.56 Å². The summed E-state index contributed by atoms with van der Waals surface area (Å²) in [4.78, 5) is 19.8. The van der Waals surface area contributed by atoms with Gasteiger partial charge in [0.25, 0.3) is 5.56 Å². The summed E-state index contributed by atoms with van der Waals surface area (Å²) >= 11 is 0. The normalized spacial score (nSPS) is 16.8. The van der Waals surface area contributed by atoms with E-state index in [-0.39, 0.29) is 15.2 Å². The minimum absolute atomic E-state index is 0.0812. The van der Waals surface area contributed by atoms with Crippen molar-refractivity contribution >= 4 is 31.7 Å². The average Bonchev–Trinajstić information content (AvgIpc) is 3.11. The molecule has 2 aromatic heterocycles. The van der Waals surface area contributed by atoms with Crippen LogP contribution >= 0.6 is 0 Å². The highest BCUT2D eigenvalue weighted by molar-refractivity contribution is 7.90. The molecular formula is C23H29N3O5S2. The second kappa shape index (κ2) is 8.81. The molecule has 33 heavy (non-hydrogen) atoms. The van der Waals surface area contributed by atoms with E-state index >= 15 is 0 Å². The first-order valence-electron chi connectivity index (χ1n) is 10.9. The van der Waals surface area contributed by atoms with Crippen LogP contribution in [0.15, 0.2) is 49.9 Å². The number of fused-ring (bicyclic) bond motifs is 1. The zero-order valence-electron chi connectivity index (χ0n) is 19.3. The number of hydrogen-bond acceptors (Lipinski definition) is 6. The molecule has 3 aromatic rings. The van der Waals surface area contributed by atoms with Gasteiger partial charge in [-0.3, -0.25) is 4.79 Å². The fraction of sp³-hybridized carbons (Fsp3) is 0.478. The number of imidazole rings is 1. The number of rotatable bonds is 5. The molecule has 0 aliphatic carbocycles. The van der Waals surface area contributed by atoms with Gasteiger partial charge in [0.1, 0.15) is 10.7 Å². The molecule has 0 spiro atoms. The minimum Gasteiger partial charge on any atom is -0.381 e. The van der Waals surface area contributed by atoms with E-state index < -0.39 is 26.2 Å². The Morgan fingerprint density at radius 2 is 1.91 bits per heavy atom. The molecule has 1 fully saturated rings. The summed E-state index contributed by atoms with van der Waals surface area (Å²) < 4.78 is 44.8. The number of nitrogens with zero attached hydrogens (tertiary/aromatic N) is 2. The molecule has 0 amide bonds. The van der Waals surface area contributed by atoms with Gasteiger partial charge in [-0.25, -0.2) is 17.6 Å². The van der Waals surface area contributed by atoms with Gasteiger partial charge in [0.15, 0.2) is 9.84 Å². The number of H-pyrrole nitrogens is 1. The largest absolute Gasteiger partial charge is 0.381 e. The quantitative estimate of drug-likeness (QED) is 0.587. The lowest BCUT2D eigenvalue weighted by Gasteiger charge is -2.26. The van der Waals surface area contributed by atoms with Crippen LogP contribution in [0.25, 0.3) is 11.0 Å². The molecular weight excluding hydrogens is 462 g/mol. The lowest BCUT2D eigenvalue weighted by Crippen LogP contribution is -2.25. The maximum Gasteiger partial charge on any atom is 0.264 e. The van der Waals surface area contributed by atoms with Gasteiger partial charge in [-0.05, 0) is 43.0 Å². The fourth-order valence-corrected chi connectivity index (χ4v) is 5.90. The highest BCUT2D eigenvalue weighted by Crippen LogP contribution is 2.30. The van der Waals surface area contributed by atoms with Crippen LogP contribution in [-0.4, -0.2) is 46.6 Å². The Hall–Kier alpha value is -2.30. The number of benzene rings is 1. The summed E-state index contributed by atoms with van der Waals surface area (Å²) in [6.07, 6.45) is 4.17. The van der Waals surface area contributed by atoms with Crippen LogP contribution in [0, 0.1) is 5.92 Å². The smallest absolute Gasteiger partial charge is 0.264 e. The van der Waals surface area contributed by atoms with Gasteiger partial charge in [0.2, 0.25) is 0 Å². The Kier molecular flexibility index (Phi) is 6.36. The van der Waals surface area contributed by atoms with Gasteiger partial charge >= 0.3 is 0 Å². The van der Waals surface area contributed by atoms with E-state index in [9.17, 15) is 17.4 Å². The number of hydrogen-bond donors (Lipinski definition) is 1. The third-order valence-electron chi connectivity index (χ3n) is 5.86. The van der Waals surface area contributed by atoms with Crippen molar-refractivity contribution in [3.05, 3.63) is 46.6 Å². The van der Waals surface area contributed by atoms with Crippen molar-refractivity contribution in [2.75, 3.05) is 19.5 Å². The molecule has 1 aromatic carbocycles. The number of nitrogens with one attached hydrogen (secondary N) is 1. The Morgan fingerprint density at radius 1 is 1.21 bits per heavy atom. The molecule has 0 radical (unpaired) electrons. The van der Waals surface area contributed by atoms with Crippen molar-refractivity contribution in [2.24, 2.45) is 5.92 Å². The maximum atomic E-state index is 13.2. The SMILES string of the molecule is CC(C)(C)c1nc2cc(S(=O)c3cc(S(C)(=O)=O)c[nH]c3=O)ccc2n1CC1CCOCC1. The summed E-state index contributed by atoms with van der Waals surface area (Å²) in [6, 6.07) is 6.52. The first-order valence-corrected chi connectivity index (χ1v) is 13.9. The van der Waals surface area contributed by atoms with Crippen molar-refractivity contribution < 1.29 is 17.4 Å². The summed E-state index contributed by atoms with van der Waals surface area (Å²) in [6.45, 7) is 8.72. The number of aromatic nitrogens is 3. The molecule has 8 nitrogen and oxygen atoms in total. The van der Waals surface area contributed by atoms with E-state index in [1.807, 2.05) is 6.07 Å². The molecule has 1 unspecified atom stereocenters. The van der Waals surface area contributed by atoms with E-state index in [4.69, 9.17) is 9.72 Å². The molecule has 4 rings (SSSR count). The number of ether oxygens (including phenoxy) is 1. The highest BCUT2D eigenvalue weighted by atomic mass is 32.2. The minimum atomic E-state index is -3.55. The van der Waals surface area contributed by atoms with Gasteiger partial charge in [-0.2, -0.15) is 0 Å². The predicted molar refractivity (Wildman–Crippen MR) is 127 cm³/mol. The third kappa shape index (κ3) is 4.97. The molecule has 1 saturated heterocycles. The van der Waals surface area contributed by atoms with Crippen LogP contribution in [0.5, 0.6) is 0 Å². The molecule has 1 aliphatic rings. The Morgan fingerprint density at radius 3 is 2.55 bits per heavy atom. The van der Waals surface area contributed by atoms with Crippen LogP contribution in [0.1, 0.15) is 39.4 Å². The molecule has 1 aliphatic heterocycles. The van der Waals surface area contributed by atoms with Crippen LogP contribution in [-0.2, 0) is 37.3 Å². The molecule has 10 heteroatoms. The van der Waals surface area contributed by atoms with Crippen molar-refractivity contribution in [3.8, 4) is 0 Å². The number of aromatic amines is 1. The van der Waals surface area contributed by atoms with Gasteiger partial charge in [-0.1, -0.05) is 20.8 Å². The van der Waals surface area contributed by atoms with Crippen LogP contribution in [0.2, 0.25) is 0 Å². The monoisotopic (exact) mass is 491 g/mol. The second-order valence-corrected chi connectivity index (χ2v) is 13.0. The van der Waals surface area contributed by atoms with Crippen molar-refractivity contribution in [2.45, 2.75) is 60.3 Å². The van der Waals surface area contributed by atoms with Crippen LogP contribution in [0.4, 0.5) is 0 Å². The number of pyridine rings is 1. The van der Waals surface area contributed by atoms with Crippen molar-refractivity contribution in [3.63, 3.8) is 0 Å². The predicted octanol–water partition coefficient (Wildman–Crippen LogP) is 3.02. The average molecular weight is 492 g/mol. The van der Waals surface area contributed by atoms with E-state index in [1.165, 1.54) is 6.07 Å². The molecule has 178 valence electrons. The first kappa shape index (κ1) is 23.8. The molecule has 3 heterocycles. The summed E-state index contributed by atoms with van der Waals surface area (Å²) in [5.74, 6) is 1.45. The van der Waals surface area contributed by atoms with Crippen molar-refractivity contribution in [1.29, 1.82) is 0 Å². The maximum absolute atomic E-state index is 13.2. The molecule has 1 atom stereocenters. The van der Waals surface area contributed by atoms with Gasteiger partial charge in [-0.15, -0.1) is 0 Å². The molecule has 0 saturated carbocycles. The summed E-state index contributed by atoms with van der Waals surface area (Å²) in [5, 5.41) is 0. The Bertz CT molecular complexity index is 1380. The van der Waals surface area contributed by atoms with Crippen molar-refractivity contribution in [1.82, 2.24) is 14.5 Å².